The Kier molecular flexibility index (Phi) is 10.9. The molecule has 8 rings (SSSR count). The van der Waals surface area contributed by atoms with Crippen LogP contribution in [0.3, 0.4) is 0 Å². The van der Waals surface area contributed by atoms with E-state index in [1.807, 2.05) is 13.1 Å². The van der Waals surface area contributed by atoms with Crippen LogP contribution in [0.1, 0.15) is 81.3 Å². The molecule has 2 aromatic carbocycles. The second kappa shape index (κ2) is 16.3. The van der Waals surface area contributed by atoms with Crippen LogP contribution in [0.2, 0.25) is 0 Å². The van der Waals surface area contributed by atoms with E-state index in [1.54, 1.807) is 36.6 Å². The van der Waals surface area contributed by atoms with Gasteiger partial charge in [0.25, 0.3) is 0 Å². The van der Waals surface area contributed by atoms with E-state index < -0.39 is 18.2 Å². The number of fused-ring (bicyclic) bond motifs is 2. The first kappa shape index (κ1) is 38.0. The smallest absolute Gasteiger partial charge is 0.407 e. The maximum absolute atomic E-state index is 13.7. The fourth-order valence-corrected chi connectivity index (χ4v) is 9.16. The second-order valence-corrected chi connectivity index (χ2v) is 15.5. The van der Waals surface area contributed by atoms with Gasteiger partial charge in [-0.15, -0.1) is 0 Å². The molecule has 3 fully saturated rings. The van der Waals surface area contributed by atoms with Crippen LogP contribution in [0.15, 0.2) is 79.5 Å². The van der Waals surface area contributed by atoms with E-state index >= 15 is 0 Å². The summed E-state index contributed by atoms with van der Waals surface area (Å²) < 4.78 is 10.2. The highest BCUT2D eigenvalue weighted by molar-refractivity contribution is 5.87. The fraction of sp³-hybridized carbons (Fsp3) is 0.419. The minimum Gasteiger partial charge on any atom is -0.453 e. The topological polar surface area (TPSA) is 180 Å². The van der Waals surface area contributed by atoms with E-state index in [0.717, 1.165) is 77.3 Å². The van der Waals surface area contributed by atoms with Gasteiger partial charge in [-0.25, -0.2) is 14.8 Å². The summed E-state index contributed by atoms with van der Waals surface area (Å²) in [5.41, 5.74) is 6.70. The normalized spacial score (nSPS) is 22.9. The van der Waals surface area contributed by atoms with Crippen LogP contribution in [0.4, 0.5) is 4.79 Å². The third kappa shape index (κ3) is 7.65. The SMILES string of the molecule is COC(=O)N[C@H](C(=O)N1CCC[C@H]1c1ncc(-c2ccc(-c3ccc(-c4cnc([C@@H]5C6CCC(C6)[C@H]5C(=O)NC(C)c5cnccn5)[nH]4)cc3)cc2)[nH]1)[C@@H](C)OC. The van der Waals surface area contributed by atoms with Gasteiger partial charge in [-0.2, -0.15) is 0 Å². The molecule has 14 heteroatoms. The van der Waals surface area contributed by atoms with E-state index in [9.17, 15) is 14.4 Å². The summed E-state index contributed by atoms with van der Waals surface area (Å²) in [5, 5.41) is 5.84. The summed E-state index contributed by atoms with van der Waals surface area (Å²) in [6, 6.07) is 15.4. The maximum Gasteiger partial charge on any atom is 0.407 e. The summed E-state index contributed by atoms with van der Waals surface area (Å²) in [5.74, 6) is 2.15. The molecule has 57 heavy (non-hydrogen) atoms. The van der Waals surface area contributed by atoms with Gasteiger partial charge in [0.1, 0.15) is 17.7 Å². The average molecular weight is 772 g/mol. The maximum atomic E-state index is 13.7. The number of aromatic amines is 2. The number of methoxy groups -OCH3 is 2. The molecule has 1 saturated heterocycles. The minimum atomic E-state index is -0.887. The third-order valence-electron chi connectivity index (χ3n) is 12.3. The Hall–Kier alpha value is -5.89. The Labute approximate surface area is 331 Å². The van der Waals surface area contributed by atoms with Crippen molar-refractivity contribution in [2.45, 2.75) is 76.1 Å². The molecule has 8 atom stereocenters. The molecule has 2 aliphatic carbocycles. The summed E-state index contributed by atoms with van der Waals surface area (Å²) in [7, 11) is 2.77. The van der Waals surface area contributed by atoms with E-state index in [4.69, 9.17) is 14.5 Å². The first-order valence-corrected chi connectivity index (χ1v) is 19.8. The summed E-state index contributed by atoms with van der Waals surface area (Å²) in [6.07, 6.45) is 12.3. The van der Waals surface area contributed by atoms with Crippen LogP contribution >= 0.6 is 0 Å². The molecule has 3 unspecified atom stereocenters. The number of rotatable bonds is 12. The summed E-state index contributed by atoms with van der Waals surface area (Å²) in [6.45, 7) is 4.25. The van der Waals surface area contributed by atoms with Crippen LogP contribution in [0.5, 0.6) is 0 Å². The molecular weight excluding hydrogens is 723 g/mol. The number of nitrogens with zero attached hydrogens (tertiary/aromatic N) is 5. The van der Waals surface area contributed by atoms with Crippen molar-refractivity contribution in [1.82, 2.24) is 45.4 Å². The molecule has 296 valence electrons. The quantitative estimate of drug-likeness (QED) is 0.112. The number of benzene rings is 2. The van der Waals surface area contributed by atoms with Crippen molar-refractivity contribution >= 4 is 17.9 Å². The summed E-state index contributed by atoms with van der Waals surface area (Å²) >= 11 is 0. The van der Waals surface area contributed by atoms with Crippen LogP contribution < -0.4 is 10.6 Å². The van der Waals surface area contributed by atoms with Crippen molar-refractivity contribution < 1.29 is 23.9 Å². The molecular formula is C43H49N9O5. The monoisotopic (exact) mass is 771 g/mol. The Morgan fingerprint density at radius 1 is 0.772 bits per heavy atom. The molecule has 1 aliphatic heterocycles. The highest BCUT2D eigenvalue weighted by Gasteiger charge is 2.52. The lowest BCUT2D eigenvalue weighted by Gasteiger charge is -2.30. The third-order valence-corrected chi connectivity index (χ3v) is 12.3. The lowest BCUT2D eigenvalue weighted by Crippen LogP contribution is -2.54. The number of aromatic nitrogens is 6. The van der Waals surface area contributed by atoms with Gasteiger partial charge < -0.3 is 35.0 Å². The standard InChI is InChI=1S/C43H49N9O5/c1-24(32-21-44-17-18-45-32)48-41(53)37-31-16-15-30(20-31)36(37)40-47-23-34(50-40)29-13-9-27(10-14-29)26-7-11-28(12-8-26)33-22-46-39(49-33)35-6-5-19-52(35)42(54)38(25(2)56-3)51-43(55)57-4/h7-14,17-18,21-25,30-31,35-38H,5-6,15-16,19-20H2,1-4H3,(H,46,49)(H,47,50)(H,48,53)(H,51,55)/t24?,25-,30?,31?,35+,36-,37-,38+/m1/s1. The van der Waals surface area contributed by atoms with E-state index in [-0.39, 0.29) is 35.7 Å². The summed E-state index contributed by atoms with van der Waals surface area (Å²) in [4.78, 5) is 66.2. The lowest BCUT2D eigenvalue weighted by molar-refractivity contribution is -0.137. The molecule has 14 nitrogen and oxygen atoms in total. The van der Waals surface area contributed by atoms with Crippen molar-refractivity contribution in [2.24, 2.45) is 17.8 Å². The number of H-pyrrole nitrogens is 2. The number of nitrogens with one attached hydrogen (secondary N) is 4. The van der Waals surface area contributed by atoms with Gasteiger partial charge in [-0.3, -0.25) is 19.6 Å². The van der Waals surface area contributed by atoms with Gasteiger partial charge in [-0.1, -0.05) is 48.5 Å². The molecule has 2 bridgehead atoms. The number of imidazole rings is 2. The number of ether oxygens (including phenoxy) is 2. The van der Waals surface area contributed by atoms with Crippen molar-refractivity contribution in [3.05, 3.63) is 96.9 Å². The first-order chi connectivity index (χ1) is 27.7. The van der Waals surface area contributed by atoms with Gasteiger partial charge in [0, 0.05) is 32.0 Å². The number of hydrogen-bond donors (Lipinski definition) is 4. The van der Waals surface area contributed by atoms with E-state index in [2.05, 4.69) is 84.1 Å². The van der Waals surface area contributed by atoms with Gasteiger partial charge in [-0.05, 0) is 80.0 Å². The van der Waals surface area contributed by atoms with Gasteiger partial charge in [0.2, 0.25) is 11.8 Å². The van der Waals surface area contributed by atoms with Crippen molar-refractivity contribution in [3.8, 4) is 33.6 Å². The molecule has 0 spiro atoms. The van der Waals surface area contributed by atoms with Crippen LogP contribution in [-0.4, -0.2) is 85.6 Å². The molecule has 5 aromatic rings. The van der Waals surface area contributed by atoms with E-state index in [1.165, 1.54) is 14.2 Å². The Morgan fingerprint density at radius 2 is 1.40 bits per heavy atom. The molecule has 2 saturated carbocycles. The molecule has 4 heterocycles. The van der Waals surface area contributed by atoms with Gasteiger partial charge in [0.05, 0.1) is 66.9 Å². The Balaban J connectivity index is 0.922. The second-order valence-electron chi connectivity index (χ2n) is 15.5. The molecule has 3 aromatic heterocycles. The van der Waals surface area contributed by atoms with Crippen LogP contribution in [-0.2, 0) is 19.1 Å². The minimum absolute atomic E-state index is 0.0577. The zero-order chi connectivity index (χ0) is 39.6. The Bertz CT molecular complexity index is 2190. The number of alkyl carbamates (subject to hydrolysis) is 1. The van der Waals surface area contributed by atoms with Crippen molar-refractivity contribution in [2.75, 3.05) is 20.8 Å². The molecule has 0 radical (unpaired) electrons. The van der Waals surface area contributed by atoms with Crippen LogP contribution in [0.25, 0.3) is 33.6 Å². The fourth-order valence-electron chi connectivity index (χ4n) is 9.16. The number of likely N-dealkylation sites (tertiary alicyclic amines) is 1. The van der Waals surface area contributed by atoms with Gasteiger partial charge >= 0.3 is 6.09 Å². The largest absolute Gasteiger partial charge is 0.453 e. The Morgan fingerprint density at radius 3 is 2.04 bits per heavy atom. The lowest BCUT2D eigenvalue weighted by atomic mass is 9.78. The van der Waals surface area contributed by atoms with Crippen molar-refractivity contribution in [1.29, 1.82) is 0 Å². The molecule has 3 amide bonds. The highest BCUT2D eigenvalue weighted by Crippen LogP contribution is 2.56. The number of carbonyl (C=O) groups excluding carboxylic acids is 3. The van der Waals surface area contributed by atoms with E-state index in [0.29, 0.717) is 24.2 Å². The zero-order valence-corrected chi connectivity index (χ0v) is 32.6. The predicted molar refractivity (Wildman–Crippen MR) is 212 cm³/mol. The first-order valence-electron chi connectivity index (χ1n) is 19.8. The number of hydrogen-bond acceptors (Lipinski definition) is 9. The molecule has 3 aliphatic rings. The zero-order valence-electron chi connectivity index (χ0n) is 32.6. The number of carbonyl (C=O) groups is 3. The molecule has 4 N–H and O–H groups in total. The number of amides is 3. The highest BCUT2D eigenvalue weighted by atomic mass is 16.5. The van der Waals surface area contributed by atoms with Crippen LogP contribution in [0, 0.1) is 17.8 Å². The van der Waals surface area contributed by atoms with Gasteiger partial charge in [0.15, 0.2) is 0 Å². The average Bonchev–Trinajstić information content (AvgIpc) is 4.11. The predicted octanol–water partition coefficient (Wildman–Crippen LogP) is 6.35. The van der Waals surface area contributed by atoms with Crippen molar-refractivity contribution in [3.63, 3.8) is 0 Å².